The lowest BCUT2D eigenvalue weighted by atomic mass is 10.0. The van der Waals surface area contributed by atoms with E-state index in [1.165, 1.54) is 7.11 Å². The van der Waals surface area contributed by atoms with Crippen molar-refractivity contribution >= 4 is 39.0 Å². The zero-order valence-electron chi connectivity index (χ0n) is 11.4. The van der Waals surface area contributed by atoms with E-state index in [0.717, 1.165) is 0 Å². The normalized spacial score (nSPS) is 10.3. The van der Waals surface area contributed by atoms with Crippen molar-refractivity contribution in [1.29, 1.82) is 0 Å². The minimum atomic E-state index is -0.218. The molecular weight excluding hydrogens is 358 g/mol. The van der Waals surface area contributed by atoms with Gasteiger partial charge in [0.05, 0.1) is 30.5 Å². The van der Waals surface area contributed by atoms with Crippen LogP contribution in [0, 0.1) is 0 Å². The van der Waals surface area contributed by atoms with Gasteiger partial charge in [-0.2, -0.15) is 0 Å². The standard InChI is InChI=1S/C15H13BrClNO3/c1-20-9-6-10(16)14(13(7-9)21-2)15(19)8-3-4-11(17)12(18)5-8/h3-7H,18H2,1-2H3. The van der Waals surface area contributed by atoms with E-state index in [-0.39, 0.29) is 5.78 Å². The molecule has 0 spiro atoms. The number of halogens is 2. The van der Waals surface area contributed by atoms with Gasteiger partial charge in [-0.1, -0.05) is 11.6 Å². The molecule has 0 aromatic heterocycles. The maximum absolute atomic E-state index is 12.7. The Bertz CT molecular complexity index is 704. The first-order chi connectivity index (χ1) is 9.97. The lowest BCUT2D eigenvalue weighted by Crippen LogP contribution is -2.06. The molecule has 2 aromatic rings. The molecule has 0 saturated carbocycles. The fourth-order valence-electron chi connectivity index (χ4n) is 1.89. The molecule has 0 radical (unpaired) electrons. The van der Waals surface area contributed by atoms with E-state index in [1.54, 1.807) is 37.4 Å². The van der Waals surface area contributed by atoms with E-state index < -0.39 is 0 Å². The Morgan fingerprint density at radius 1 is 1.19 bits per heavy atom. The number of hydrogen-bond donors (Lipinski definition) is 1. The molecule has 0 heterocycles. The Balaban J connectivity index is 2.54. The highest BCUT2D eigenvalue weighted by Gasteiger charge is 2.20. The van der Waals surface area contributed by atoms with Crippen LogP contribution in [0.2, 0.25) is 5.02 Å². The molecule has 2 rings (SSSR count). The van der Waals surface area contributed by atoms with Crippen molar-refractivity contribution in [1.82, 2.24) is 0 Å². The Hall–Kier alpha value is -1.72. The zero-order chi connectivity index (χ0) is 15.6. The van der Waals surface area contributed by atoms with Gasteiger partial charge in [-0.15, -0.1) is 0 Å². The second-order valence-electron chi connectivity index (χ2n) is 4.25. The van der Waals surface area contributed by atoms with Crippen LogP contribution in [0.25, 0.3) is 0 Å². The van der Waals surface area contributed by atoms with Crippen molar-refractivity contribution in [3.8, 4) is 11.5 Å². The molecule has 0 aliphatic rings. The van der Waals surface area contributed by atoms with Crippen LogP contribution < -0.4 is 15.2 Å². The third kappa shape index (κ3) is 3.14. The van der Waals surface area contributed by atoms with Crippen LogP contribution in [0.3, 0.4) is 0 Å². The van der Waals surface area contributed by atoms with Crippen molar-refractivity contribution in [3.63, 3.8) is 0 Å². The van der Waals surface area contributed by atoms with Crippen LogP contribution in [0.5, 0.6) is 11.5 Å². The van der Waals surface area contributed by atoms with E-state index in [9.17, 15) is 4.79 Å². The Morgan fingerprint density at radius 3 is 2.48 bits per heavy atom. The van der Waals surface area contributed by atoms with Crippen LogP contribution in [0.1, 0.15) is 15.9 Å². The van der Waals surface area contributed by atoms with Gasteiger partial charge in [0.2, 0.25) is 0 Å². The number of nitrogen functional groups attached to an aromatic ring is 1. The summed E-state index contributed by atoms with van der Waals surface area (Å²) in [6, 6.07) is 8.11. The van der Waals surface area contributed by atoms with Crippen LogP contribution in [0.4, 0.5) is 5.69 Å². The molecule has 0 aliphatic carbocycles. The Morgan fingerprint density at radius 2 is 1.90 bits per heavy atom. The smallest absolute Gasteiger partial charge is 0.197 e. The predicted molar refractivity (Wildman–Crippen MR) is 86.5 cm³/mol. The van der Waals surface area contributed by atoms with E-state index in [1.807, 2.05) is 0 Å². The summed E-state index contributed by atoms with van der Waals surface area (Å²) in [4.78, 5) is 12.7. The Labute approximate surface area is 135 Å². The number of carbonyl (C=O) groups is 1. The molecule has 0 unspecified atom stereocenters. The van der Waals surface area contributed by atoms with Crippen LogP contribution in [-0.2, 0) is 0 Å². The predicted octanol–water partition coefficient (Wildman–Crippen LogP) is 3.93. The van der Waals surface area contributed by atoms with E-state index in [2.05, 4.69) is 15.9 Å². The summed E-state index contributed by atoms with van der Waals surface area (Å²) in [5.41, 5.74) is 6.93. The van der Waals surface area contributed by atoms with Gasteiger partial charge in [-0.05, 0) is 40.2 Å². The average molecular weight is 371 g/mol. The molecule has 0 fully saturated rings. The first kappa shape index (κ1) is 15.7. The third-order valence-corrected chi connectivity index (χ3v) is 3.94. The van der Waals surface area contributed by atoms with Crippen molar-refractivity contribution < 1.29 is 14.3 Å². The molecular formula is C15H13BrClNO3. The summed E-state index contributed by atoms with van der Waals surface area (Å²) in [7, 11) is 3.04. The highest BCUT2D eigenvalue weighted by Crippen LogP contribution is 2.34. The maximum atomic E-state index is 12.7. The van der Waals surface area contributed by atoms with Crippen molar-refractivity contribution in [2.45, 2.75) is 0 Å². The lowest BCUT2D eigenvalue weighted by molar-refractivity contribution is 0.103. The van der Waals surface area contributed by atoms with Gasteiger partial charge in [-0.3, -0.25) is 4.79 Å². The molecule has 2 aromatic carbocycles. The number of ether oxygens (including phenoxy) is 2. The fraction of sp³-hybridized carbons (Fsp3) is 0.133. The number of benzene rings is 2. The summed E-state index contributed by atoms with van der Waals surface area (Å²) < 4.78 is 11.0. The topological polar surface area (TPSA) is 61.5 Å². The summed E-state index contributed by atoms with van der Waals surface area (Å²) in [6.07, 6.45) is 0. The van der Waals surface area contributed by atoms with Gasteiger partial charge < -0.3 is 15.2 Å². The third-order valence-electron chi connectivity index (χ3n) is 2.97. The number of methoxy groups -OCH3 is 2. The van der Waals surface area contributed by atoms with Gasteiger partial charge in [0, 0.05) is 16.1 Å². The second-order valence-corrected chi connectivity index (χ2v) is 5.51. The summed E-state index contributed by atoms with van der Waals surface area (Å²) in [6.45, 7) is 0. The summed E-state index contributed by atoms with van der Waals surface area (Å²) in [5.74, 6) is 0.787. The van der Waals surface area contributed by atoms with E-state index in [0.29, 0.717) is 37.8 Å². The number of carbonyl (C=O) groups excluding carboxylic acids is 1. The maximum Gasteiger partial charge on any atom is 0.197 e. The van der Waals surface area contributed by atoms with Crippen LogP contribution in [0.15, 0.2) is 34.8 Å². The molecule has 0 amide bonds. The fourth-order valence-corrected chi connectivity index (χ4v) is 2.60. The van der Waals surface area contributed by atoms with Gasteiger partial charge in [0.25, 0.3) is 0 Å². The van der Waals surface area contributed by atoms with Gasteiger partial charge in [-0.25, -0.2) is 0 Å². The molecule has 6 heteroatoms. The zero-order valence-corrected chi connectivity index (χ0v) is 13.8. The molecule has 0 bridgehead atoms. The van der Waals surface area contributed by atoms with Crippen molar-refractivity contribution in [3.05, 3.63) is 51.0 Å². The highest BCUT2D eigenvalue weighted by molar-refractivity contribution is 9.10. The van der Waals surface area contributed by atoms with Crippen LogP contribution in [-0.4, -0.2) is 20.0 Å². The highest BCUT2D eigenvalue weighted by atomic mass is 79.9. The first-order valence-electron chi connectivity index (χ1n) is 5.99. The SMILES string of the molecule is COc1cc(Br)c(C(=O)c2ccc(Cl)c(N)c2)c(OC)c1. The molecule has 110 valence electrons. The van der Waals surface area contributed by atoms with E-state index >= 15 is 0 Å². The minimum absolute atomic E-state index is 0.218. The monoisotopic (exact) mass is 369 g/mol. The second kappa shape index (κ2) is 6.37. The first-order valence-corrected chi connectivity index (χ1v) is 7.16. The average Bonchev–Trinajstić information content (AvgIpc) is 2.48. The van der Waals surface area contributed by atoms with Crippen molar-refractivity contribution in [2.75, 3.05) is 20.0 Å². The quantitative estimate of drug-likeness (QED) is 0.654. The number of rotatable bonds is 4. The molecule has 0 saturated heterocycles. The molecule has 21 heavy (non-hydrogen) atoms. The van der Waals surface area contributed by atoms with Gasteiger partial charge in [0.1, 0.15) is 11.5 Å². The number of hydrogen-bond acceptors (Lipinski definition) is 4. The van der Waals surface area contributed by atoms with Gasteiger partial charge in [0.15, 0.2) is 5.78 Å². The summed E-state index contributed by atoms with van der Waals surface area (Å²) >= 11 is 9.25. The number of nitrogens with two attached hydrogens (primary N) is 1. The van der Waals surface area contributed by atoms with Crippen LogP contribution >= 0.6 is 27.5 Å². The lowest BCUT2D eigenvalue weighted by Gasteiger charge is -2.12. The van der Waals surface area contributed by atoms with Gasteiger partial charge >= 0.3 is 0 Å². The summed E-state index contributed by atoms with van der Waals surface area (Å²) in [5, 5.41) is 0.410. The molecule has 0 aliphatic heterocycles. The minimum Gasteiger partial charge on any atom is -0.497 e. The van der Waals surface area contributed by atoms with E-state index in [4.69, 9.17) is 26.8 Å². The molecule has 2 N–H and O–H groups in total. The largest absolute Gasteiger partial charge is 0.497 e. The molecule has 4 nitrogen and oxygen atoms in total. The Kier molecular flexibility index (Phi) is 4.75. The van der Waals surface area contributed by atoms with Crippen molar-refractivity contribution in [2.24, 2.45) is 0 Å². The number of anilines is 1. The number of ketones is 1. The molecule has 0 atom stereocenters.